The molecule has 0 aliphatic rings. The van der Waals surface area contributed by atoms with Crippen LogP contribution in [0.2, 0.25) is 0 Å². The van der Waals surface area contributed by atoms with E-state index in [0.29, 0.717) is 6.04 Å². The molecule has 0 saturated heterocycles. The Morgan fingerprint density at radius 2 is 2.11 bits per heavy atom. The lowest BCUT2D eigenvalue weighted by molar-refractivity contribution is 0.336. The second-order valence-corrected chi connectivity index (χ2v) is 5.94. The summed E-state index contributed by atoms with van der Waals surface area (Å²) in [5.74, 6) is 0.884. The average molecular weight is 329 g/mol. The fourth-order valence-corrected chi connectivity index (χ4v) is 2.70. The summed E-state index contributed by atoms with van der Waals surface area (Å²) >= 11 is 3.54. The minimum absolute atomic E-state index is 0.482. The molecule has 0 amide bonds. The topological polar surface area (TPSA) is 24.5 Å². The normalized spacial score (nSPS) is 12.7. The SMILES string of the molecule is CCCNC(Cc1ccc(OC)c(Br)c1)CN(C)C. The Morgan fingerprint density at radius 3 is 2.63 bits per heavy atom. The van der Waals surface area contributed by atoms with E-state index in [4.69, 9.17) is 4.74 Å². The molecule has 0 heterocycles. The molecule has 0 aliphatic carbocycles. The zero-order valence-corrected chi connectivity index (χ0v) is 14.0. The smallest absolute Gasteiger partial charge is 0.133 e. The molecule has 1 unspecified atom stereocenters. The first-order valence-corrected chi connectivity index (χ1v) is 7.56. The van der Waals surface area contributed by atoms with Crippen molar-refractivity contribution in [3.05, 3.63) is 28.2 Å². The van der Waals surface area contributed by atoms with Gasteiger partial charge in [0, 0.05) is 12.6 Å². The van der Waals surface area contributed by atoms with Crippen molar-refractivity contribution in [1.29, 1.82) is 0 Å². The van der Waals surface area contributed by atoms with E-state index in [1.54, 1.807) is 7.11 Å². The van der Waals surface area contributed by atoms with Gasteiger partial charge in [-0.1, -0.05) is 13.0 Å². The molecule has 4 heteroatoms. The highest BCUT2D eigenvalue weighted by atomic mass is 79.9. The van der Waals surface area contributed by atoms with Crippen LogP contribution in [0, 0.1) is 0 Å². The van der Waals surface area contributed by atoms with Gasteiger partial charge in [-0.25, -0.2) is 0 Å². The molecule has 1 aromatic carbocycles. The average Bonchev–Trinajstić information content (AvgIpc) is 2.35. The zero-order valence-electron chi connectivity index (χ0n) is 12.4. The monoisotopic (exact) mass is 328 g/mol. The standard InChI is InChI=1S/C15H25BrN2O/c1-5-8-17-13(11-18(2)3)9-12-6-7-15(19-4)14(16)10-12/h6-7,10,13,17H,5,8-9,11H2,1-4H3. The van der Waals surface area contributed by atoms with Crippen LogP contribution in [0.5, 0.6) is 5.75 Å². The Hall–Kier alpha value is -0.580. The second-order valence-electron chi connectivity index (χ2n) is 5.09. The Morgan fingerprint density at radius 1 is 1.37 bits per heavy atom. The van der Waals surface area contributed by atoms with Crippen molar-refractivity contribution in [2.45, 2.75) is 25.8 Å². The number of likely N-dealkylation sites (N-methyl/N-ethyl adjacent to an activating group) is 1. The van der Waals surface area contributed by atoms with Gasteiger partial charge in [-0.15, -0.1) is 0 Å². The van der Waals surface area contributed by atoms with Gasteiger partial charge in [0.05, 0.1) is 11.6 Å². The van der Waals surface area contributed by atoms with E-state index in [1.807, 2.05) is 6.07 Å². The van der Waals surface area contributed by atoms with Crippen molar-refractivity contribution in [3.8, 4) is 5.75 Å². The highest BCUT2D eigenvalue weighted by Crippen LogP contribution is 2.26. The van der Waals surface area contributed by atoms with Gasteiger partial charge >= 0.3 is 0 Å². The molecular weight excluding hydrogens is 304 g/mol. The Balaban J connectivity index is 2.69. The molecule has 1 N–H and O–H groups in total. The molecule has 0 saturated carbocycles. The number of nitrogens with one attached hydrogen (secondary N) is 1. The van der Waals surface area contributed by atoms with Crippen molar-refractivity contribution < 1.29 is 4.74 Å². The molecule has 3 nitrogen and oxygen atoms in total. The molecule has 0 bridgehead atoms. The van der Waals surface area contributed by atoms with E-state index in [0.717, 1.165) is 36.2 Å². The summed E-state index contributed by atoms with van der Waals surface area (Å²) in [5, 5.41) is 3.61. The van der Waals surface area contributed by atoms with Crippen LogP contribution in [0.25, 0.3) is 0 Å². The van der Waals surface area contributed by atoms with Crippen LogP contribution in [0.15, 0.2) is 22.7 Å². The second kappa shape index (κ2) is 8.56. The van der Waals surface area contributed by atoms with Crippen LogP contribution in [0.1, 0.15) is 18.9 Å². The maximum absolute atomic E-state index is 5.26. The van der Waals surface area contributed by atoms with Crippen LogP contribution in [0.3, 0.4) is 0 Å². The lowest BCUT2D eigenvalue weighted by Gasteiger charge is -2.22. The third-order valence-electron chi connectivity index (χ3n) is 2.97. The minimum Gasteiger partial charge on any atom is -0.496 e. The number of benzene rings is 1. The molecule has 19 heavy (non-hydrogen) atoms. The molecule has 0 aliphatic heterocycles. The van der Waals surface area contributed by atoms with Crippen molar-refractivity contribution in [2.24, 2.45) is 0 Å². The first-order chi connectivity index (χ1) is 9.06. The number of nitrogens with zero attached hydrogens (tertiary/aromatic N) is 1. The van der Waals surface area contributed by atoms with Gasteiger partial charge in [0.25, 0.3) is 0 Å². The van der Waals surface area contributed by atoms with E-state index in [9.17, 15) is 0 Å². The molecule has 0 aromatic heterocycles. The highest BCUT2D eigenvalue weighted by molar-refractivity contribution is 9.10. The molecule has 1 rings (SSSR count). The number of hydrogen-bond donors (Lipinski definition) is 1. The molecule has 1 atom stereocenters. The van der Waals surface area contributed by atoms with E-state index in [1.165, 1.54) is 5.56 Å². The fourth-order valence-electron chi connectivity index (χ4n) is 2.11. The Labute approximate surface area is 125 Å². The zero-order chi connectivity index (χ0) is 14.3. The number of rotatable bonds is 8. The van der Waals surface area contributed by atoms with Crippen molar-refractivity contribution in [2.75, 3.05) is 34.3 Å². The summed E-state index contributed by atoms with van der Waals surface area (Å²) in [6.45, 7) is 4.31. The predicted octanol–water partition coefficient (Wildman–Crippen LogP) is 2.93. The highest BCUT2D eigenvalue weighted by Gasteiger charge is 2.11. The third kappa shape index (κ3) is 5.93. The molecule has 1 aromatic rings. The lowest BCUT2D eigenvalue weighted by atomic mass is 10.1. The number of methoxy groups -OCH3 is 1. The van der Waals surface area contributed by atoms with Crippen LogP contribution >= 0.6 is 15.9 Å². The van der Waals surface area contributed by atoms with Crippen molar-refractivity contribution in [3.63, 3.8) is 0 Å². The van der Waals surface area contributed by atoms with Gasteiger partial charge in [-0.05, 0) is 67.1 Å². The molecule has 108 valence electrons. The number of ether oxygens (including phenoxy) is 1. The van der Waals surface area contributed by atoms with E-state index < -0.39 is 0 Å². The van der Waals surface area contributed by atoms with Gasteiger partial charge in [0.15, 0.2) is 0 Å². The summed E-state index contributed by atoms with van der Waals surface area (Å²) in [6.07, 6.45) is 2.19. The number of hydrogen-bond acceptors (Lipinski definition) is 3. The van der Waals surface area contributed by atoms with Gasteiger partial charge in [-0.2, -0.15) is 0 Å². The van der Waals surface area contributed by atoms with E-state index >= 15 is 0 Å². The van der Waals surface area contributed by atoms with Crippen LogP contribution < -0.4 is 10.1 Å². The Kier molecular flexibility index (Phi) is 7.42. The van der Waals surface area contributed by atoms with Crippen molar-refractivity contribution in [1.82, 2.24) is 10.2 Å². The predicted molar refractivity (Wildman–Crippen MR) is 85.0 cm³/mol. The van der Waals surface area contributed by atoms with E-state index in [-0.39, 0.29) is 0 Å². The quantitative estimate of drug-likeness (QED) is 0.794. The van der Waals surface area contributed by atoms with Crippen LogP contribution in [-0.4, -0.2) is 45.2 Å². The first-order valence-electron chi connectivity index (χ1n) is 6.77. The van der Waals surface area contributed by atoms with Gasteiger partial charge in [0.2, 0.25) is 0 Å². The molecule has 0 fully saturated rings. The Bertz CT molecular complexity index is 382. The maximum Gasteiger partial charge on any atom is 0.133 e. The molecule has 0 spiro atoms. The summed E-state index contributed by atoms with van der Waals surface area (Å²) in [6, 6.07) is 6.79. The summed E-state index contributed by atoms with van der Waals surface area (Å²) in [7, 11) is 5.92. The molecular formula is C15H25BrN2O. The summed E-state index contributed by atoms with van der Waals surface area (Å²) in [4.78, 5) is 2.23. The van der Waals surface area contributed by atoms with Gasteiger partial charge in [-0.3, -0.25) is 0 Å². The first kappa shape index (κ1) is 16.5. The van der Waals surface area contributed by atoms with Crippen LogP contribution in [0.4, 0.5) is 0 Å². The minimum atomic E-state index is 0.482. The van der Waals surface area contributed by atoms with Crippen LogP contribution in [-0.2, 0) is 6.42 Å². The third-order valence-corrected chi connectivity index (χ3v) is 3.59. The fraction of sp³-hybridized carbons (Fsp3) is 0.600. The van der Waals surface area contributed by atoms with E-state index in [2.05, 4.69) is 59.3 Å². The van der Waals surface area contributed by atoms with Gasteiger partial charge < -0.3 is 15.0 Å². The van der Waals surface area contributed by atoms with Gasteiger partial charge in [0.1, 0.15) is 5.75 Å². The summed E-state index contributed by atoms with van der Waals surface area (Å²) in [5.41, 5.74) is 1.32. The largest absolute Gasteiger partial charge is 0.496 e. The lowest BCUT2D eigenvalue weighted by Crippen LogP contribution is -2.40. The van der Waals surface area contributed by atoms with Crippen molar-refractivity contribution >= 4 is 15.9 Å². The number of halogens is 1. The molecule has 0 radical (unpaired) electrons. The maximum atomic E-state index is 5.26. The summed E-state index contributed by atoms with van der Waals surface area (Å²) < 4.78 is 6.28.